The maximum atomic E-state index is 12.2. The van der Waals surface area contributed by atoms with E-state index in [1.54, 1.807) is 12.1 Å². The lowest BCUT2D eigenvalue weighted by atomic mass is 10.0. The minimum absolute atomic E-state index is 0.376. The lowest BCUT2D eigenvalue weighted by Gasteiger charge is -2.33. The van der Waals surface area contributed by atoms with Gasteiger partial charge in [0.25, 0.3) is 5.91 Å². The highest BCUT2D eigenvalue weighted by Crippen LogP contribution is 2.18. The molecule has 0 saturated carbocycles. The third-order valence-corrected chi connectivity index (χ3v) is 4.29. The topological polar surface area (TPSA) is 89.7 Å². The molecule has 24 heavy (non-hydrogen) atoms. The van der Waals surface area contributed by atoms with E-state index in [1.165, 1.54) is 4.90 Å². The molecule has 2 N–H and O–H groups in total. The molecule has 1 fully saturated rings. The number of likely N-dealkylation sites (tertiary alicyclic amines) is 1. The van der Waals surface area contributed by atoms with E-state index >= 15 is 0 Å². The highest BCUT2D eigenvalue weighted by molar-refractivity contribution is 5.92. The van der Waals surface area contributed by atoms with Crippen LogP contribution in [0.1, 0.15) is 54.9 Å². The molecule has 1 aliphatic heterocycles. The molecule has 2 rings (SSSR count). The van der Waals surface area contributed by atoms with Crippen molar-refractivity contribution in [3.8, 4) is 0 Å². The van der Waals surface area contributed by atoms with E-state index in [2.05, 4.69) is 13.8 Å². The van der Waals surface area contributed by atoms with Crippen LogP contribution in [0.25, 0.3) is 0 Å². The van der Waals surface area contributed by atoms with Crippen LogP contribution in [0.4, 0.5) is 0 Å². The van der Waals surface area contributed by atoms with Gasteiger partial charge >= 0.3 is 5.97 Å². The van der Waals surface area contributed by atoms with Gasteiger partial charge in [0.1, 0.15) is 6.04 Å². The van der Waals surface area contributed by atoms with Crippen LogP contribution < -0.4 is 5.73 Å². The molecule has 6 heteroatoms. The summed E-state index contributed by atoms with van der Waals surface area (Å²) in [5.74, 6) is -1.07. The molecule has 0 radical (unpaired) electrons. The second kappa shape index (κ2) is 7.95. The van der Waals surface area contributed by atoms with Gasteiger partial charge in [-0.2, -0.15) is 0 Å². The van der Waals surface area contributed by atoms with Crippen molar-refractivity contribution in [3.05, 3.63) is 35.4 Å². The molecule has 1 heterocycles. The van der Waals surface area contributed by atoms with Crippen molar-refractivity contribution in [1.82, 2.24) is 4.90 Å². The summed E-state index contributed by atoms with van der Waals surface area (Å²) in [4.78, 5) is 37.1. The first kappa shape index (κ1) is 18.0. The van der Waals surface area contributed by atoms with Crippen LogP contribution in [0.5, 0.6) is 0 Å². The first-order chi connectivity index (χ1) is 11.4. The Morgan fingerprint density at radius 3 is 2.46 bits per heavy atom. The zero-order valence-corrected chi connectivity index (χ0v) is 14.2. The average Bonchev–Trinajstić information content (AvgIpc) is 2.59. The molecular weight excluding hydrogens is 308 g/mol. The third-order valence-electron chi connectivity index (χ3n) is 4.29. The molecule has 1 aliphatic rings. The molecule has 1 aromatic rings. The van der Waals surface area contributed by atoms with Gasteiger partial charge in [0, 0.05) is 6.54 Å². The number of nitrogens with zero attached hydrogens (tertiary/aromatic N) is 1. The molecule has 1 atom stereocenters. The fourth-order valence-electron chi connectivity index (χ4n) is 2.82. The molecule has 0 bridgehead atoms. The van der Waals surface area contributed by atoms with Gasteiger partial charge < -0.3 is 15.4 Å². The van der Waals surface area contributed by atoms with Gasteiger partial charge in [0.15, 0.2) is 6.61 Å². The summed E-state index contributed by atoms with van der Waals surface area (Å²) in [6, 6.07) is 6.52. The van der Waals surface area contributed by atoms with Crippen LogP contribution in [-0.4, -0.2) is 41.9 Å². The number of benzene rings is 1. The highest BCUT2D eigenvalue weighted by Gasteiger charge is 2.31. The first-order valence-electron chi connectivity index (χ1n) is 8.26. The Labute approximate surface area is 142 Å². The van der Waals surface area contributed by atoms with E-state index in [-0.39, 0.29) is 12.5 Å². The summed E-state index contributed by atoms with van der Waals surface area (Å²) in [7, 11) is 0. The number of piperidine rings is 1. The zero-order chi connectivity index (χ0) is 17.7. The maximum Gasteiger partial charge on any atom is 0.338 e. The van der Waals surface area contributed by atoms with Crippen molar-refractivity contribution >= 4 is 17.8 Å². The van der Waals surface area contributed by atoms with E-state index < -0.39 is 17.9 Å². The van der Waals surface area contributed by atoms with Gasteiger partial charge in [0.05, 0.1) is 5.56 Å². The number of amides is 2. The summed E-state index contributed by atoms with van der Waals surface area (Å²) in [5.41, 5.74) is 6.87. The summed E-state index contributed by atoms with van der Waals surface area (Å²) >= 11 is 0. The van der Waals surface area contributed by atoms with E-state index in [9.17, 15) is 14.4 Å². The summed E-state index contributed by atoms with van der Waals surface area (Å²) in [6.07, 6.45) is 2.24. The predicted molar refractivity (Wildman–Crippen MR) is 89.4 cm³/mol. The Balaban J connectivity index is 1.92. The SMILES string of the molecule is CC(C)c1ccc(C(=O)OCC(=O)N2CCCC[C@H]2C(N)=O)cc1. The quantitative estimate of drug-likeness (QED) is 0.833. The Kier molecular flexibility index (Phi) is 5.95. The molecule has 0 unspecified atom stereocenters. The second-order valence-corrected chi connectivity index (χ2v) is 6.35. The number of rotatable bonds is 5. The molecule has 1 saturated heterocycles. The fourth-order valence-corrected chi connectivity index (χ4v) is 2.82. The van der Waals surface area contributed by atoms with E-state index in [0.29, 0.717) is 24.4 Å². The Hall–Kier alpha value is -2.37. The molecule has 0 aliphatic carbocycles. The normalized spacial score (nSPS) is 17.6. The van der Waals surface area contributed by atoms with Gasteiger partial charge in [-0.1, -0.05) is 26.0 Å². The minimum Gasteiger partial charge on any atom is -0.452 e. The van der Waals surface area contributed by atoms with E-state index in [0.717, 1.165) is 18.4 Å². The first-order valence-corrected chi connectivity index (χ1v) is 8.26. The predicted octanol–water partition coefficient (Wildman–Crippen LogP) is 1.83. The van der Waals surface area contributed by atoms with E-state index in [1.807, 2.05) is 12.1 Å². The third kappa shape index (κ3) is 4.34. The van der Waals surface area contributed by atoms with Gasteiger partial charge in [-0.15, -0.1) is 0 Å². The number of carbonyl (C=O) groups is 3. The zero-order valence-electron chi connectivity index (χ0n) is 14.2. The lowest BCUT2D eigenvalue weighted by Crippen LogP contribution is -2.51. The van der Waals surface area contributed by atoms with Gasteiger partial charge in [0.2, 0.25) is 5.91 Å². The highest BCUT2D eigenvalue weighted by atomic mass is 16.5. The van der Waals surface area contributed by atoms with Crippen LogP contribution >= 0.6 is 0 Å². The van der Waals surface area contributed by atoms with Crippen molar-refractivity contribution in [2.75, 3.05) is 13.2 Å². The summed E-state index contributed by atoms with van der Waals surface area (Å²) in [6.45, 7) is 4.22. The van der Waals surface area contributed by atoms with E-state index in [4.69, 9.17) is 10.5 Å². The summed E-state index contributed by atoms with van der Waals surface area (Å²) in [5, 5.41) is 0. The van der Waals surface area contributed by atoms with Crippen LogP contribution in [0.2, 0.25) is 0 Å². The monoisotopic (exact) mass is 332 g/mol. The van der Waals surface area contributed by atoms with Crippen LogP contribution in [0.3, 0.4) is 0 Å². The number of nitrogens with two attached hydrogens (primary N) is 1. The average molecular weight is 332 g/mol. The van der Waals surface area contributed by atoms with Crippen LogP contribution in [0, 0.1) is 0 Å². The van der Waals surface area contributed by atoms with Crippen molar-refractivity contribution in [3.63, 3.8) is 0 Å². The number of ether oxygens (including phenoxy) is 1. The van der Waals surface area contributed by atoms with Crippen molar-refractivity contribution in [2.45, 2.75) is 45.1 Å². The van der Waals surface area contributed by atoms with Crippen molar-refractivity contribution in [1.29, 1.82) is 0 Å². The molecular formula is C18H24N2O4. The fraction of sp³-hybridized carbons (Fsp3) is 0.500. The van der Waals surface area contributed by atoms with Gasteiger partial charge in [-0.25, -0.2) is 4.79 Å². The number of carbonyl (C=O) groups excluding carboxylic acids is 3. The molecule has 6 nitrogen and oxygen atoms in total. The second-order valence-electron chi connectivity index (χ2n) is 6.35. The number of primary amides is 1. The summed E-state index contributed by atoms with van der Waals surface area (Å²) < 4.78 is 5.09. The van der Waals surface area contributed by atoms with Crippen LogP contribution in [-0.2, 0) is 14.3 Å². The van der Waals surface area contributed by atoms with Crippen molar-refractivity contribution in [2.24, 2.45) is 5.73 Å². The van der Waals surface area contributed by atoms with Crippen molar-refractivity contribution < 1.29 is 19.1 Å². The standard InChI is InChI=1S/C18H24N2O4/c1-12(2)13-6-8-14(9-7-13)18(23)24-11-16(21)20-10-4-3-5-15(20)17(19)22/h6-9,12,15H,3-5,10-11H2,1-2H3,(H2,19,22)/t15-/m0/s1. The molecule has 0 spiro atoms. The smallest absolute Gasteiger partial charge is 0.338 e. The Bertz CT molecular complexity index is 610. The Morgan fingerprint density at radius 2 is 1.88 bits per heavy atom. The lowest BCUT2D eigenvalue weighted by molar-refractivity contribution is -0.143. The molecule has 130 valence electrons. The number of esters is 1. The number of hydrogen-bond donors (Lipinski definition) is 1. The largest absolute Gasteiger partial charge is 0.452 e. The van der Waals surface area contributed by atoms with Gasteiger partial charge in [-0.05, 0) is 42.9 Å². The minimum atomic E-state index is -0.602. The Morgan fingerprint density at radius 1 is 1.21 bits per heavy atom. The number of hydrogen-bond acceptors (Lipinski definition) is 4. The molecule has 0 aromatic heterocycles. The maximum absolute atomic E-state index is 12.2. The molecule has 2 amide bonds. The van der Waals surface area contributed by atoms with Gasteiger partial charge in [-0.3, -0.25) is 9.59 Å². The van der Waals surface area contributed by atoms with Crippen LogP contribution in [0.15, 0.2) is 24.3 Å². The molecule has 1 aromatic carbocycles.